The lowest BCUT2D eigenvalue weighted by Gasteiger charge is -2.26. The summed E-state index contributed by atoms with van der Waals surface area (Å²) in [4.78, 5) is 10.4. The van der Waals surface area contributed by atoms with Gasteiger partial charge in [-0.3, -0.25) is 0 Å². The van der Waals surface area contributed by atoms with Gasteiger partial charge < -0.3 is 24.1 Å². The van der Waals surface area contributed by atoms with Gasteiger partial charge in [0, 0.05) is 0 Å². The summed E-state index contributed by atoms with van der Waals surface area (Å²) >= 11 is 0. The van der Waals surface area contributed by atoms with Crippen LogP contribution in [-0.2, 0) is 18.9 Å². The van der Waals surface area contributed by atoms with Gasteiger partial charge in [0.15, 0.2) is 11.6 Å². The number of aliphatic hydroxyl groups excluding tert-OH is 1. The first-order valence-electron chi connectivity index (χ1n) is 6.39. The molecule has 2 saturated heterocycles. The first kappa shape index (κ1) is 14.8. The molecule has 2 aliphatic rings. The van der Waals surface area contributed by atoms with Crippen LogP contribution < -0.4 is 0 Å². The second-order valence-corrected chi connectivity index (χ2v) is 5.81. The first-order valence-corrected chi connectivity index (χ1v) is 6.39. The molecule has 0 aromatic rings. The highest BCUT2D eigenvalue weighted by molar-refractivity contribution is 4.93. The molecule has 7 heteroatoms. The molecular formula is C12H21NO6. The Hall–Kier alpha value is -0.600. The van der Waals surface area contributed by atoms with Crippen LogP contribution in [0.2, 0.25) is 0 Å². The van der Waals surface area contributed by atoms with Gasteiger partial charge >= 0.3 is 0 Å². The molecule has 110 valence electrons. The highest BCUT2D eigenvalue weighted by Gasteiger charge is 2.49. The van der Waals surface area contributed by atoms with Crippen LogP contribution in [0, 0.1) is 4.91 Å². The minimum Gasteiger partial charge on any atom is -0.387 e. The molecule has 2 fully saturated rings. The fourth-order valence-electron chi connectivity index (χ4n) is 2.46. The number of aliphatic hydroxyl groups is 1. The Morgan fingerprint density at radius 3 is 2.42 bits per heavy atom. The normalized spacial score (nSPS) is 38.3. The van der Waals surface area contributed by atoms with Gasteiger partial charge in [-0.1, -0.05) is 5.18 Å². The average molecular weight is 275 g/mol. The molecule has 0 spiro atoms. The number of rotatable bonds is 4. The summed E-state index contributed by atoms with van der Waals surface area (Å²) in [5.74, 6) is -1.57. The minimum absolute atomic E-state index is 0.0673. The maximum absolute atomic E-state index is 10.4. The van der Waals surface area contributed by atoms with E-state index in [-0.39, 0.29) is 13.2 Å². The summed E-state index contributed by atoms with van der Waals surface area (Å²) in [7, 11) is 0. The van der Waals surface area contributed by atoms with Gasteiger partial charge in [-0.15, -0.1) is 0 Å². The Morgan fingerprint density at radius 1 is 1.21 bits per heavy atom. The number of nitroso groups, excluding NO2 is 1. The lowest BCUT2D eigenvalue weighted by atomic mass is 10.0. The standard InChI is InChI=1S/C12H21NO6/c1-11(2)16-6-8(18-11)9(14)10-7(5-13-15)17-12(3,4)19-10/h7-10,14H,5-6H2,1-4H3/t7-,8+,9?,10-/m0/s1. The van der Waals surface area contributed by atoms with Crippen molar-refractivity contribution in [3.63, 3.8) is 0 Å². The van der Waals surface area contributed by atoms with Crippen molar-refractivity contribution in [2.24, 2.45) is 5.18 Å². The summed E-state index contributed by atoms with van der Waals surface area (Å²) in [5, 5.41) is 13.2. The molecule has 0 aromatic heterocycles. The van der Waals surface area contributed by atoms with Crippen molar-refractivity contribution in [2.75, 3.05) is 13.2 Å². The average Bonchev–Trinajstić information content (AvgIpc) is 2.78. The van der Waals surface area contributed by atoms with Crippen molar-refractivity contribution in [2.45, 2.75) is 63.7 Å². The molecule has 2 rings (SSSR count). The quantitative estimate of drug-likeness (QED) is 0.763. The van der Waals surface area contributed by atoms with Gasteiger partial charge in [-0.2, -0.15) is 4.91 Å². The zero-order chi connectivity index (χ0) is 14.3. The molecule has 0 amide bonds. The van der Waals surface area contributed by atoms with E-state index in [1.807, 2.05) is 0 Å². The van der Waals surface area contributed by atoms with Crippen molar-refractivity contribution in [3.8, 4) is 0 Å². The van der Waals surface area contributed by atoms with Crippen LogP contribution >= 0.6 is 0 Å². The van der Waals surface area contributed by atoms with Gasteiger partial charge in [0.1, 0.15) is 31.0 Å². The summed E-state index contributed by atoms with van der Waals surface area (Å²) in [5.41, 5.74) is 0. The molecular weight excluding hydrogens is 254 g/mol. The first-order chi connectivity index (χ1) is 8.74. The summed E-state index contributed by atoms with van der Waals surface area (Å²) in [6.45, 7) is 7.22. The molecule has 0 aromatic carbocycles. The smallest absolute Gasteiger partial charge is 0.163 e. The van der Waals surface area contributed by atoms with Crippen LogP contribution in [0.1, 0.15) is 27.7 Å². The largest absolute Gasteiger partial charge is 0.387 e. The Balaban J connectivity index is 2.05. The van der Waals surface area contributed by atoms with Crippen molar-refractivity contribution < 1.29 is 24.1 Å². The predicted octanol–water partition coefficient (Wildman–Crippen LogP) is 0.785. The third-order valence-electron chi connectivity index (χ3n) is 3.22. The second-order valence-electron chi connectivity index (χ2n) is 5.81. The molecule has 4 atom stereocenters. The van der Waals surface area contributed by atoms with E-state index in [1.54, 1.807) is 27.7 Å². The van der Waals surface area contributed by atoms with Crippen molar-refractivity contribution in [1.82, 2.24) is 0 Å². The zero-order valence-corrected chi connectivity index (χ0v) is 11.7. The van der Waals surface area contributed by atoms with Crippen LogP contribution in [0.4, 0.5) is 0 Å². The number of ether oxygens (including phenoxy) is 4. The van der Waals surface area contributed by atoms with Crippen LogP contribution in [0.5, 0.6) is 0 Å². The van der Waals surface area contributed by atoms with Gasteiger partial charge in [0.2, 0.25) is 0 Å². The van der Waals surface area contributed by atoms with Gasteiger partial charge in [-0.25, -0.2) is 0 Å². The summed E-state index contributed by atoms with van der Waals surface area (Å²) < 4.78 is 22.2. The van der Waals surface area contributed by atoms with Crippen molar-refractivity contribution >= 4 is 0 Å². The van der Waals surface area contributed by atoms with Crippen LogP contribution in [-0.4, -0.2) is 54.2 Å². The fraction of sp³-hybridized carbons (Fsp3) is 1.00. The maximum atomic E-state index is 10.4. The Kier molecular flexibility index (Phi) is 3.95. The van der Waals surface area contributed by atoms with Gasteiger partial charge in [0.25, 0.3) is 0 Å². The Morgan fingerprint density at radius 2 is 1.89 bits per heavy atom. The molecule has 0 aliphatic carbocycles. The molecule has 2 heterocycles. The molecule has 1 N–H and O–H groups in total. The molecule has 0 bridgehead atoms. The predicted molar refractivity (Wildman–Crippen MR) is 65.4 cm³/mol. The van der Waals surface area contributed by atoms with Crippen LogP contribution in [0.3, 0.4) is 0 Å². The van der Waals surface area contributed by atoms with E-state index in [0.717, 1.165) is 0 Å². The molecule has 1 unspecified atom stereocenters. The minimum atomic E-state index is -0.935. The van der Waals surface area contributed by atoms with E-state index in [0.29, 0.717) is 0 Å². The third kappa shape index (κ3) is 3.29. The van der Waals surface area contributed by atoms with E-state index in [1.165, 1.54) is 0 Å². The molecule has 0 radical (unpaired) electrons. The van der Waals surface area contributed by atoms with Gasteiger partial charge in [-0.05, 0) is 27.7 Å². The topological polar surface area (TPSA) is 86.6 Å². The third-order valence-corrected chi connectivity index (χ3v) is 3.22. The summed E-state index contributed by atoms with van der Waals surface area (Å²) in [6.07, 6.45) is -2.67. The van der Waals surface area contributed by atoms with Crippen molar-refractivity contribution in [1.29, 1.82) is 0 Å². The van der Waals surface area contributed by atoms with E-state index in [9.17, 15) is 10.0 Å². The summed E-state index contributed by atoms with van der Waals surface area (Å²) in [6, 6.07) is 0. The Bertz CT molecular complexity index is 345. The van der Waals surface area contributed by atoms with Crippen molar-refractivity contribution in [3.05, 3.63) is 4.91 Å². The lowest BCUT2D eigenvalue weighted by molar-refractivity contribution is -0.178. The van der Waals surface area contributed by atoms with E-state index in [4.69, 9.17) is 18.9 Å². The molecule has 2 aliphatic heterocycles. The highest BCUT2D eigenvalue weighted by atomic mass is 16.8. The highest BCUT2D eigenvalue weighted by Crippen LogP contribution is 2.34. The zero-order valence-electron chi connectivity index (χ0n) is 11.7. The molecule has 7 nitrogen and oxygen atoms in total. The lowest BCUT2D eigenvalue weighted by Crippen LogP contribution is -2.45. The monoisotopic (exact) mass is 275 g/mol. The maximum Gasteiger partial charge on any atom is 0.163 e. The second kappa shape index (κ2) is 5.06. The fourth-order valence-corrected chi connectivity index (χ4v) is 2.46. The van der Waals surface area contributed by atoms with Crippen LogP contribution in [0.25, 0.3) is 0 Å². The van der Waals surface area contributed by atoms with Crippen LogP contribution in [0.15, 0.2) is 5.18 Å². The number of nitrogens with zero attached hydrogens (tertiary/aromatic N) is 1. The van der Waals surface area contributed by atoms with E-state index in [2.05, 4.69) is 5.18 Å². The Labute approximate surface area is 112 Å². The van der Waals surface area contributed by atoms with E-state index < -0.39 is 36.0 Å². The number of hydrogen-bond acceptors (Lipinski definition) is 7. The molecule has 0 saturated carbocycles. The SMILES string of the molecule is CC1(C)O[C@@H](CN=O)[C@@H](C(O)[C@H]2COC(C)(C)O2)O1. The van der Waals surface area contributed by atoms with E-state index >= 15 is 0 Å². The molecule has 19 heavy (non-hydrogen) atoms. The number of hydrogen-bond donors (Lipinski definition) is 1. The van der Waals surface area contributed by atoms with Gasteiger partial charge in [0.05, 0.1) is 6.61 Å².